The molecule has 1 aromatic carbocycles. The van der Waals surface area contributed by atoms with Gasteiger partial charge in [0, 0.05) is 48.1 Å². The molecule has 102 valence electrons. The number of hydrogen-bond donors (Lipinski definition) is 1. The van der Waals surface area contributed by atoms with E-state index in [2.05, 4.69) is 21.1 Å². The van der Waals surface area contributed by atoms with Gasteiger partial charge in [0.2, 0.25) is 5.91 Å². The average molecular weight is 269 g/mol. The molecule has 1 unspecified atom stereocenters. The summed E-state index contributed by atoms with van der Waals surface area (Å²) >= 11 is 0. The smallest absolute Gasteiger partial charge is 0.223 e. The molecule has 1 aromatic heterocycles. The molecule has 6 heteroatoms. The topological polar surface area (TPSA) is 84.9 Å². The third kappa shape index (κ3) is 2.33. The third-order valence-electron chi connectivity index (χ3n) is 3.73. The van der Waals surface area contributed by atoms with Gasteiger partial charge in [-0.05, 0) is 23.1 Å². The SMILES string of the molecule is [N-]=[N+]=NCC1CC(=O)N(Cc2c[nH]c3ccccc23)C1. The number of aromatic nitrogens is 1. The van der Waals surface area contributed by atoms with Crippen molar-refractivity contribution in [2.45, 2.75) is 13.0 Å². The fraction of sp³-hybridized carbons (Fsp3) is 0.357. The number of likely N-dealkylation sites (tertiary alicyclic amines) is 1. The minimum Gasteiger partial charge on any atom is -0.361 e. The Hall–Kier alpha value is -2.46. The summed E-state index contributed by atoms with van der Waals surface area (Å²) in [6, 6.07) is 8.06. The van der Waals surface area contributed by atoms with Gasteiger partial charge in [0.25, 0.3) is 0 Å². The van der Waals surface area contributed by atoms with E-state index >= 15 is 0 Å². The quantitative estimate of drug-likeness (QED) is 0.516. The number of carbonyl (C=O) groups excluding carboxylic acids is 1. The van der Waals surface area contributed by atoms with E-state index in [0.29, 0.717) is 26.1 Å². The zero-order valence-electron chi connectivity index (χ0n) is 11.0. The van der Waals surface area contributed by atoms with Gasteiger partial charge >= 0.3 is 0 Å². The normalized spacial score (nSPS) is 18.5. The highest BCUT2D eigenvalue weighted by Crippen LogP contribution is 2.24. The van der Waals surface area contributed by atoms with Crippen molar-refractivity contribution < 1.29 is 4.79 Å². The molecule has 0 radical (unpaired) electrons. The van der Waals surface area contributed by atoms with E-state index in [9.17, 15) is 4.79 Å². The van der Waals surface area contributed by atoms with Crippen LogP contribution in [0.25, 0.3) is 21.3 Å². The van der Waals surface area contributed by atoms with Crippen LogP contribution in [0.1, 0.15) is 12.0 Å². The fourth-order valence-electron chi connectivity index (χ4n) is 2.75. The van der Waals surface area contributed by atoms with Crippen LogP contribution in [0.4, 0.5) is 0 Å². The van der Waals surface area contributed by atoms with Crippen molar-refractivity contribution in [1.29, 1.82) is 0 Å². The van der Waals surface area contributed by atoms with E-state index in [4.69, 9.17) is 5.53 Å². The van der Waals surface area contributed by atoms with E-state index < -0.39 is 0 Å². The van der Waals surface area contributed by atoms with Gasteiger partial charge in [-0.3, -0.25) is 4.79 Å². The molecule has 0 saturated carbocycles. The minimum absolute atomic E-state index is 0.133. The van der Waals surface area contributed by atoms with Gasteiger partial charge in [-0.15, -0.1) is 0 Å². The summed E-state index contributed by atoms with van der Waals surface area (Å²) in [5.41, 5.74) is 10.5. The molecule has 0 spiro atoms. The van der Waals surface area contributed by atoms with Gasteiger partial charge in [0.05, 0.1) is 0 Å². The van der Waals surface area contributed by atoms with Crippen LogP contribution in [0.2, 0.25) is 0 Å². The van der Waals surface area contributed by atoms with Crippen LogP contribution in [-0.2, 0) is 11.3 Å². The molecule has 1 fully saturated rings. The first-order valence-corrected chi connectivity index (χ1v) is 6.61. The first-order chi connectivity index (χ1) is 9.78. The molecule has 1 atom stereocenters. The largest absolute Gasteiger partial charge is 0.361 e. The summed E-state index contributed by atoms with van der Waals surface area (Å²) < 4.78 is 0. The van der Waals surface area contributed by atoms with Gasteiger partial charge in [-0.2, -0.15) is 0 Å². The summed E-state index contributed by atoms with van der Waals surface area (Å²) in [5, 5.41) is 4.72. The number of rotatable bonds is 4. The van der Waals surface area contributed by atoms with Crippen LogP contribution in [0.5, 0.6) is 0 Å². The van der Waals surface area contributed by atoms with Gasteiger partial charge in [0.15, 0.2) is 0 Å². The molecule has 1 amide bonds. The van der Waals surface area contributed by atoms with Crippen molar-refractivity contribution in [3.8, 4) is 0 Å². The third-order valence-corrected chi connectivity index (χ3v) is 3.73. The number of carbonyl (C=O) groups is 1. The van der Waals surface area contributed by atoms with Gasteiger partial charge < -0.3 is 9.88 Å². The minimum atomic E-state index is 0.133. The van der Waals surface area contributed by atoms with Crippen LogP contribution >= 0.6 is 0 Å². The first kappa shape index (κ1) is 12.6. The number of nitrogens with one attached hydrogen (secondary N) is 1. The Bertz CT molecular complexity index is 686. The molecule has 1 N–H and O–H groups in total. The Morgan fingerprint density at radius 2 is 2.30 bits per heavy atom. The zero-order valence-corrected chi connectivity index (χ0v) is 11.0. The summed E-state index contributed by atoms with van der Waals surface area (Å²) in [6.45, 7) is 1.67. The summed E-state index contributed by atoms with van der Waals surface area (Å²) in [6.07, 6.45) is 2.43. The predicted molar refractivity (Wildman–Crippen MR) is 75.8 cm³/mol. The van der Waals surface area contributed by atoms with Gasteiger partial charge in [-0.25, -0.2) is 0 Å². The molecule has 1 aliphatic rings. The van der Waals surface area contributed by atoms with Gasteiger partial charge in [0.1, 0.15) is 0 Å². The van der Waals surface area contributed by atoms with Crippen molar-refractivity contribution in [1.82, 2.24) is 9.88 Å². The van der Waals surface area contributed by atoms with Crippen molar-refractivity contribution in [3.63, 3.8) is 0 Å². The Kier molecular flexibility index (Phi) is 3.31. The lowest BCUT2D eigenvalue weighted by molar-refractivity contribution is -0.128. The average Bonchev–Trinajstić information content (AvgIpc) is 3.02. The number of nitrogens with zero attached hydrogens (tertiary/aromatic N) is 4. The monoisotopic (exact) mass is 269 g/mol. The summed E-state index contributed by atoms with van der Waals surface area (Å²) in [4.78, 5) is 19.8. The van der Waals surface area contributed by atoms with Crippen molar-refractivity contribution >= 4 is 16.8 Å². The first-order valence-electron chi connectivity index (χ1n) is 6.61. The molecule has 3 rings (SSSR count). The van der Waals surface area contributed by atoms with Crippen molar-refractivity contribution in [2.24, 2.45) is 11.0 Å². The molecule has 2 heterocycles. The van der Waals surface area contributed by atoms with Crippen molar-refractivity contribution in [2.75, 3.05) is 13.1 Å². The van der Waals surface area contributed by atoms with Crippen LogP contribution in [0.3, 0.4) is 0 Å². The highest BCUT2D eigenvalue weighted by molar-refractivity contribution is 5.84. The lowest BCUT2D eigenvalue weighted by atomic mass is 10.1. The highest BCUT2D eigenvalue weighted by atomic mass is 16.2. The number of H-pyrrole nitrogens is 1. The predicted octanol–water partition coefficient (Wildman–Crippen LogP) is 2.83. The van der Waals surface area contributed by atoms with Crippen LogP contribution in [-0.4, -0.2) is 28.9 Å². The molecule has 20 heavy (non-hydrogen) atoms. The molecule has 2 aromatic rings. The van der Waals surface area contributed by atoms with E-state index in [0.717, 1.165) is 16.5 Å². The molecular weight excluding hydrogens is 254 g/mol. The summed E-state index contributed by atoms with van der Waals surface area (Å²) in [5.74, 6) is 0.275. The Balaban J connectivity index is 1.74. The maximum absolute atomic E-state index is 12.0. The van der Waals surface area contributed by atoms with E-state index in [1.54, 1.807) is 0 Å². The number of hydrogen-bond acceptors (Lipinski definition) is 2. The fourth-order valence-corrected chi connectivity index (χ4v) is 2.75. The number of aromatic amines is 1. The second kappa shape index (κ2) is 5.27. The molecule has 1 aliphatic heterocycles. The maximum atomic E-state index is 12.0. The molecule has 1 saturated heterocycles. The van der Waals surface area contributed by atoms with E-state index in [1.165, 1.54) is 0 Å². The molecule has 6 nitrogen and oxygen atoms in total. The number of azide groups is 1. The number of amides is 1. The molecular formula is C14H15N5O. The lowest BCUT2D eigenvalue weighted by Crippen LogP contribution is -2.24. The number of para-hydroxylation sites is 1. The Morgan fingerprint density at radius 1 is 1.45 bits per heavy atom. The zero-order chi connectivity index (χ0) is 13.9. The molecule has 0 aliphatic carbocycles. The standard InChI is InChI=1S/C14H15N5O/c15-18-17-6-10-5-14(20)19(8-10)9-11-7-16-13-4-2-1-3-12(11)13/h1-4,7,10,16H,5-6,8-9H2. The van der Waals surface area contributed by atoms with E-state index in [1.807, 2.05) is 29.3 Å². The summed E-state index contributed by atoms with van der Waals surface area (Å²) in [7, 11) is 0. The Morgan fingerprint density at radius 3 is 3.15 bits per heavy atom. The van der Waals surface area contributed by atoms with Crippen LogP contribution in [0.15, 0.2) is 35.6 Å². The lowest BCUT2D eigenvalue weighted by Gasteiger charge is -2.15. The maximum Gasteiger partial charge on any atom is 0.223 e. The Labute approximate surface area is 116 Å². The second-order valence-corrected chi connectivity index (χ2v) is 5.12. The highest BCUT2D eigenvalue weighted by Gasteiger charge is 2.29. The van der Waals surface area contributed by atoms with E-state index in [-0.39, 0.29) is 11.8 Å². The number of fused-ring (bicyclic) bond motifs is 1. The molecule has 0 bridgehead atoms. The number of benzene rings is 1. The second-order valence-electron chi connectivity index (χ2n) is 5.12. The van der Waals surface area contributed by atoms with Crippen LogP contribution < -0.4 is 0 Å². The van der Waals surface area contributed by atoms with Crippen molar-refractivity contribution in [3.05, 3.63) is 46.5 Å². The van der Waals surface area contributed by atoms with Gasteiger partial charge in [-0.1, -0.05) is 23.3 Å². The van der Waals surface area contributed by atoms with Crippen LogP contribution in [0, 0.1) is 5.92 Å².